The predicted octanol–water partition coefficient (Wildman–Crippen LogP) is 3.63. The molecule has 2 aliphatic rings. The summed E-state index contributed by atoms with van der Waals surface area (Å²) in [5, 5.41) is 4.12. The molecule has 2 bridgehead atoms. The zero-order valence-electron chi connectivity index (χ0n) is 13.1. The number of para-hydroxylation sites is 1. The van der Waals surface area contributed by atoms with Gasteiger partial charge in [0.2, 0.25) is 0 Å². The monoisotopic (exact) mass is 326 g/mol. The maximum absolute atomic E-state index is 6.36. The Hall–Kier alpha value is -2.27. The van der Waals surface area contributed by atoms with Crippen molar-refractivity contribution in [1.82, 2.24) is 5.32 Å². The maximum Gasteiger partial charge on any atom is 0.188 e. The van der Waals surface area contributed by atoms with Gasteiger partial charge in [-0.15, -0.1) is 0 Å². The van der Waals surface area contributed by atoms with Crippen molar-refractivity contribution >= 4 is 23.0 Å². The Morgan fingerprint density at radius 3 is 2.91 bits per heavy atom. The summed E-state index contributed by atoms with van der Waals surface area (Å²) in [6, 6.07) is 16.2. The molecule has 1 N–H and O–H groups in total. The van der Waals surface area contributed by atoms with Gasteiger partial charge in [-0.05, 0) is 37.3 Å². The van der Waals surface area contributed by atoms with Crippen LogP contribution >= 0.6 is 12.2 Å². The second-order valence-electron chi connectivity index (χ2n) is 6.06. The van der Waals surface area contributed by atoms with Crippen molar-refractivity contribution in [1.29, 1.82) is 0 Å². The highest BCUT2D eigenvalue weighted by molar-refractivity contribution is 7.80. The zero-order chi connectivity index (χ0) is 16.0. The second-order valence-corrected chi connectivity index (χ2v) is 6.44. The van der Waals surface area contributed by atoms with Crippen LogP contribution in [0.15, 0.2) is 48.5 Å². The molecule has 4 nitrogen and oxygen atoms in total. The van der Waals surface area contributed by atoms with Gasteiger partial charge in [-0.2, -0.15) is 0 Å². The Balaban J connectivity index is 1.79. The van der Waals surface area contributed by atoms with Crippen LogP contribution in [-0.4, -0.2) is 17.9 Å². The number of hydrogen-bond donors (Lipinski definition) is 1. The van der Waals surface area contributed by atoms with Crippen molar-refractivity contribution in [2.45, 2.75) is 25.1 Å². The predicted molar refractivity (Wildman–Crippen MR) is 94.0 cm³/mol. The van der Waals surface area contributed by atoms with E-state index in [4.69, 9.17) is 21.7 Å². The third-order valence-electron chi connectivity index (χ3n) is 4.49. The molecule has 23 heavy (non-hydrogen) atoms. The fourth-order valence-electron chi connectivity index (χ4n) is 3.46. The van der Waals surface area contributed by atoms with E-state index in [1.165, 1.54) is 0 Å². The molecule has 2 aromatic rings. The largest absolute Gasteiger partial charge is 0.497 e. The van der Waals surface area contributed by atoms with Crippen LogP contribution in [-0.2, 0) is 0 Å². The first kappa shape index (κ1) is 14.3. The van der Waals surface area contributed by atoms with Crippen molar-refractivity contribution in [2.24, 2.45) is 0 Å². The van der Waals surface area contributed by atoms with Crippen LogP contribution in [0.25, 0.3) is 0 Å². The van der Waals surface area contributed by atoms with Gasteiger partial charge in [0.15, 0.2) is 10.8 Å². The van der Waals surface area contributed by atoms with E-state index in [0.29, 0.717) is 5.11 Å². The highest BCUT2D eigenvalue weighted by Gasteiger charge is 2.48. The summed E-state index contributed by atoms with van der Waals surface area (Å²) in [5.41, 5.74) is 1.60. The molecule has 2 heterocycles. The van der Waals surface area contributed by atoms with Crippen LogP contribution in [0.5, 0.6) is 11.5 Å². The van der Waals surface area contributed by atoms with E-state index < -0.39 is 5.72 Å². The van der Waals surface area contributed by atoms with E-state index in [1.54, 1.807) is 7.11 Å². The van der Waals surface area contributed by atoms with E-state index >= 15 is 0 Å². The molecule has 0 saturated carbocycles. The number of hydrogen-bond acceptors (Lipinski definition) is 3. The fraction of sp³-hybridized carbons (Fsp3) is 0.278. The average molecular weight is 326 g/mol. The fourth-order valence-corrected chi connectivity index (χ4v) is 3.90. The van der Waals surface area contributed by atoms with Gasteiger partial charge in [0.25, 0.3) is 0 Å². The smallest absolute Gasteiger partial charge is 0.188 e. The number of thiocarbonyl (C=S) groups is 1. The van der Waals surface area contributed by atoms with E-state index in [-0.39, 0.29) is 6.04 Å². The van der Waals surface area contributed by atoms with Gasteiger partial charge < -0.3 is 14.8 Å². The lowest BCUT2D eigenvalue weighted by molar-refractivity contribution is 0.0497. The highest BCUT2D eigenvalue weighted by atomic mass is 32.1. The van der Waals surface area contributed by atoms with Crippen molar-refractivity contribution in [3.05, 3.63) is 54.1 Å². The summed E-state index contributed by atoms with van der Waals surface area (Å²) in [5.74, 6) is 1.71. The van der Waals surface area contributed by atoms with E-state index in [2.05, 4.69) is 18.3 Å². The minimum Gasteiger partial charge on any atom is -0.497 e. The number of anilines is 1. The molecule has 0 aliphatic carbocycles. The Labute approximate surface area is 141 Å². The molecular formula is C18H18N2O2S. The first-order valence-corrected chi connectivity index (χ1v) is 8.04. The number of nitrogens with zero attached hydrogens (tertiary/aromatic N) is 1. The summed E-state index contributed by atoms with van der Waals surface area (Å²) in [6.07, 6.45) is 0.821. The van der Waals surface area contributed by atoms with E-state index in [9.17, 15) is 0 Å². The van der Waals surface area contributed by atoms with Crippen LogP contribution in [0.1, 0.15) is 24.9 Å². The number of benzene rings is 2. The Bertz CT molecular complexity index is 779. The lowest BCUT2D eigenvalue weighted by Gasteiger charge is -2.52. The molecule has 5 heteroatoms. The molecule has 2 aliphatic heterocycles. The van der Waals surface area contributed by atoms with Gasteiger partial charge in [-0.3, -0.25) is 4.90 Å². The molecule has 0 unspecified atom stereocenters. The minimum atomic E-state index is -0.520. The number of methoxy groups -OCH3 is 1. The standard InChI is InChI=1S/C18H18N2O2S/c1-18-11-15(14-8-3-4-9-16(14)22-18)19-17(23)20(18)12-6-5-7-13(10-12)21-2/h3-10,15H,11H2,1-2H3,(H,19,23)/t15-,18+/m1/s1. The zero-order valence-corrected chi connectivity index (χ0v) is 13.9. The van der Waals surface area contributed by atoms with Gasteiger partial charge in [-0.1, -0.05) is 24.3 Å². The van der Waals surface area contributed by atoms with Gasteiger partial charge in [0.1, 0.15) is 11.5 Å². The van der Waals surface area contributed by atoms with Crippen molar-refractivity contribution in [3.63, 3.8) is 0 Å². The SMILES string of the molecule is COc1cccc(N2C(=S)N[C@@H]3C[C@]2(C)Oc2ccccc23)c1. The van der Waals surface area contributed by atoms with Crippen LogP contribution in [0, 0.1) is 0 Å². The first-order valence-electron chi connectivity index (χ1n) is 7.63. The van der Waals surface area contributed by atoms with Crippen LogP contribution in [0.2, 0.25) is 0 Å². The molecule has 2 atom stereocenters. The topological polar surface area (TPSA) is 33.7 Å². The Morgan fingerprint density at radius 2 is 2.09 bits per heavy atom. The first-order chi connectivity index (χ1) is 11.1. The summed E-state index contributed by atoms with van der Waals surface area (Å²) in [6.45, 7) is 2.09. The lowest BCUT2D eigenvalue weighted by Crippen LogP contribution is -2.65. The molecule has 0 aromatic heterocycles. The van der Waals surface area contributed by atoms with Gasteiger partial charge in [0.05, 0.1) is 18.8 Å². The molecule has 1 fully saturated rings. The van der Waals surface area contributed by atoms with E-state index in [0.717, 1.165) is 29.2 Å². The van der Waals surface area contributed by atoms with Crippen molar-refractivity contribution < 1.29 is 9.47 Å². The summed E-state index contributed by atoms with van der Waals surface area (Å²) >= 11 is 5.64. The van der Waals surface area contributed by atoms with Crippen molar-refractivity contribution in [2.75, 3.05) is 12.0 Å². The maximum atomic E-state index is 6.36. The number of rotatable bonds is 2. The number of nitrogens with one attached hydrogen (secondary N) is 1. The van der Waals surface area contributed by atoms with Gasteiger partial charge in [-0.25, -0.2) is 0 Å². The average Bonchev–Trinajstić information content (AvgIpc) is 2.54. The highest BCUT2D eigenvalue weighted by Crippen LogP contribution is 2.45. The van der Waals surface area contributed by atoms with Crippen LogP contribution in [0.3, 0.4) is 0 Å². The lowest BCUT2D eigenvalue weighted by atomic mass is 9.90. The molecule has 0 amide bonds. The molecule has 0 spiro atoms. The normalized spacial score (nSPS) is 25.2. The number of ether oxygens (including phenoxy) is 2. The quantitative estimate of drug-likeness (QED) is 0.852. The summed E-state index contributed by atoms with van der Waals surface area (Å²) < 4.78 is 11.7. The second kappa shape index (κ2) is 5.13. The summed E-state index contributed by atoms with van der Waals surface area (Å²) in [4.78, 5) is 2.04. The van der Waals surface area contributed by atoms with Crippen molar-refractivity contribution in [3.8, 4) is 11.5 Å². The van der Waals surface area contributed by atoms with Crippen LogP contribution in [0.4, 0.5) is 5.69 Å². The van der Waals surface area contributed by atoms with Crippen LogP contribution < -0.4 is 19.7 Å². The molecule has 2 aromatic carbocycles. The molecular weight excluding hydrogens is 308 g/mol. The number of fused-ring (bicyclic) bond motifs is 4. The molecule has 1 saturated heterocycles. The molecule has 4 rings (SSSR count). The Kier molecular flexibility index (Phi) is 3.20. The molecule has 0 radical (unpaired) electrons. The third kappa shape index (κ3) is 2.23. The van der Waals surface area contributed by atoms with E-state index in [1.807, 2.05) is 47.4 Å². The third-order valence-corrected chi connectivity index (χ3v) is 4.79. The van der Waals surface area contributed by atoms with Gasteiger partial charge >= 0.3 is 0 Å². The molecule has 118 valence electrons. The van der Waals surface area contributed by atoms with Gasteiger partial charge in [0, 0.05) is 18.1 Å². The minimum absolute atomic E-state index is 0.180. The summed E-state index contributed by atoms with van der Waals surface area (Å²) in [7, 11) is 1.66. The Morgan fingerprint density at radius 1 is 1.26 bits per heavy atom.